The van der Waals surface area contributed by atoms with E-state index < -0.39 is 12.0 Å². The number of amides is 2. The average molecular weight is 296 g/mol. The van der Waals surface area contributed by atoms with Crippen LogP contribution in [0.15, 0.2) is 24.3 Å². The van der Waals surface area contributed by atoms with E-state index in [1.54, 1.807) is 12.1 Å². The van der Waals surface area contributed by atoms with Gasteiger partial charge in [0.2, 0.25) is 0 Å². The molecule has 0 spiro atoms. The van der Waals surface area contributed by atoms with Gasteiger partial charge in [-0.25, -0.2) is 9.18 Å². The van der Waals surface area contributed by atoms with Gasteiger partial charge in [0.1, 0.15) is 5.82 Å². The van der Waals surface area contributed by atoms with Crippen LogP contribution in [0.5, 0.6) is 0 Å². The summed E-state index contributed by atoms with van der Waals surface area (Å²) in [4.78, 5) is 22.1. The number of carbonyl (C=O) groups is 2. The van der Waals surface area contributed by atoms with Gasteiger partial charge >= 0.3 is 12.0 Å². The molecule has 6 heteroatoms. The Bertz CT molecular complexity index is 474. The zero-order valence-electron chi connectivity index (χ0n) is 12.2. The van der Waals surface area contributed by atoms with Crippen LogP contribution in [0.25, 0.3) is 0 Å². The summed E-state index contributed by atoms with van der Waals surface area (Å²) in [7, 11) is 0. The van der Waals surface area contributed by atoms with Gasteiger partial charge in [-0.3, -0.25) is 4.79 Å². The van der Waals surface area contributed by atoms with Gasteiger partial charge in [-0.15, -0.1) is 0 Å². The fourth-order valence-electron chi connectivity index (χ4n) is 1.83. The zero-order chi connectivity index (χ0) is 15.8. The molecule has 0 aromatic heterocycles. The number of hydrogen-bond acceptors (Lipinski definition) is 2. The van der Waals surface area contributed by atoms with Crippen LogP contribution in [-0.4, -0.2) is 29.7 Å². The summed E-state index contributed by atoms with van der Waals surface area (Å²) in [6.45, 7) is 4.04. The molecule has 5 nitrogen and oxygen atoms in total. The minimum absolute atomic E-state index is 0.0858. The lowest BCUT2D eigenvalue weighted by molar-refractivity contribution is -0.136. The van der Waals surface area contributed by atoms with E-state index in [0.717, 1.165) is 5.56 Å². The van der Waals surface area contributed by atoms with Crippen molar-refractivity contribution in [3.8, 4) is 0 Å². The van der Waals surface area contributed by atoms with Crippen molar-refractivity contribution >= 4 is 12.0 Å². The molecule has 1 unspecified atom stereocenters. The third-order valence-corrected chi connectivity index (χ3v) is 3.11. The quantitative estimate of drug-likeness (QED) is 0.721. The van der Waals surface area contributed by atoms with Crippen LogP contribution < -0.4 is 10.6 Å². The molecular weight excluding hydrogens is 275 g/mol. The first kappa shape index (κ1) is 16.9. The van der Waals surface area contributed by atoms with Gasteiger partial charge in [-0.2, -0.15) is 0 Å². The molecule has 0 aliphatic heterocycles. The number of urea groups is 1. The maximum atomic E-state index is 12.9. The van der Waals surface area contributed by atoms with Crippen LogP contribution in [0, 0.1) is 11.7 Å². The van der Waals surface area contributed by atoms with E-state index in [9.17, 15) is 14.0 Å². The third-order valence-electron chi connectivity index (χ3n) is 3.11. The number of nitrogens with one attached hydrogen (secondary N) is 2. The Labute approximate surface area is 123 Å². The Morgan fingerprint density at radius 2 is 1.86 bits per heavy atom. The fourth-order valence-corrected chi connectivity index (χ4v) is 1.83. The van der Waals surface area contributed by atoms with E-state index in [2.05, 4.69) is 10.6 Å². The van der Waals surface area contributed by atoms with E-state index in [0.29, 0.717) is 6.42 Å². The number of carboxylic acids is 1. The maximum Gasteiger partial charge on any atom is 0.315 e. The van der Waals surface area contributed by atoms with Crippen LogP contribution in [-0.2, 0) is 11.2 Å². The molecular formula is C15H21FN2O3. The number of rotatable bonds is 7. The van der Waals surface area contributed by atoms with E-state index in [4.69, 9.17) is 5.11 Å². The van der Waals surface area contributed by atoms with Crippen molar-refractivity contribution < 1.29 is 19.1 Å². The van der Waals surface area contributed by atoms with Crippen LogP contribution in [0.1, 0.15) is 25.8 Å². The number of carbonyl (C=O) groups excluding carboxylic acids is 1. The second-order valence-corrected chi connectivity index (χ2v) is 5.23. The third kappa shape index (κ3) is 6.74. The van der Waals surface area contributed by atoms with E-state index in [1.807, 2.05) is 13.8 Å². The van der Waals surface area contributed by atoms with Crippen molar-refractivity contribution in [2.75, 3.05) is 6.54 Å². The lowest BCUT2D eigenvalue weighted by atomic mass is 9.96. The molecule has 0 fully saturated rings. The van der Waals surface area contributed by atoms with E-state index in [1.165, 1.54) is 12.1 Å². The predicted octanol–water partition coefficient (Wildman–Crippen LogP) is 2.17. The minimum Gasteiger partial charge on any atom is -0.481 e. The second-order valence-electron chi connectivity index (χ2n) is 5.23. The lowest BCUT2D eigenvalue weighted by Crippen LogP contribution is -2.46. The molecule has 0 heterocycles. The highest BCUT2D eigenvalue weighted by atomic mass is 19.1. The summed E-state index contributed by atoms with van der Waals surface area (Å²) < 4.78 is 12.9. The molecule has 1 atom stereocenters. The lowest BCUT2D eigenvalue weighted by Gasteiger charge is -2.22. The standard InChI is InChI=1S/C15H21FN2O3/c1-10(2)13(9-11-3-5-12(16)6-4-11)18-15(21)17-8-7-14(19)20/h3-6,10,13H,7-9H2,1-2H3,(H,19,20)(H2,17,18,21). The minimum atomic E-state index is -0.956. The molecule has 3 N–H and O–H groups in total. The first-order valence-corrected chi connectivity index (χ1v) is 6.89. The number of aliphatic carboxylic acids is 1. The van der Waals surface area contributed by atoms with Crippen LogP contribution >= 0.6 is 0 Å². The fraction of sp³-hybridized carbons (Fsp3) is 0.467. The first-order valence-electron chi connectivity index (χ1n) is 6.89. The molecule has 1 aromatic rings. The summed E-state index contributed by atoms with van der Waals surface area (Å²) in [6, 6.07) is 5.65. The average Bonchev–Trinajstić information content (AvgIpc) is 2.40. The van der Waals surface area contributed by atoms with Crippen LogP contribution in [0.2, 0.25) is 0 Å². The van der Waals surface area contributed by atoms with Crippen LogP contribution in [0.3, 0.4) is 0 Å². The Hall–Kier alpha value is -2.11. The Morgan fingerprint density at radius 3 is 2.38 bits per heavy atom. The van der Waals surface area contributed by atoms with Crippen molar-refractivity contribution in [1.82, 2.24) is 10.6 Å². The Kier molecular flexibility index (Phi) is 6.65. The van der Waals surface area contributed by atoms with Crippen LogP contribution in [0.4, 0.5) is 9.18 Å². The molecule has 0 bridgehead atoms. The molecule has 0 aliphatic carbocycles. The van der Waals surface area contributed by atoms with Crippen molar-refractivity contribution in [3.05, 3.63) is 35.6 Å². The second kappa shape index (κ2) is 8.24. The Balaban J connectivity index is 2.51. The van der Waals surface area contributed by atoms with Crippen molar-refractivity contribution in [2.24, 2.45) is 5.92 Å². The van der Waals surface area contributed by atoms with Gasteiger partial charge in [0, 0.05) is 12.6 Å². The number of benzene rings is 1. The van der Waals surface area contributed by atoms with Gasteiger partial charge in [0.15, 0.2) is 0 Å². The van der Waals surface area contributed by atoms with Gasteiger partial charge in [0.25, 0.3) is 0 Å². The number of halogens is 1. The topological polar surface area (TPSA) is 78.4 Å². The zero-order valence-corrected chi connectivity index (χ0v) is 12.2. The van der Waals surface area contributed by atoms with Crippen molar-refractivity contribution in [1.29, 1.82) is 0 Å². The summed E-state index contributed by atoms with van der Waals surface area (Å²) >= 11 is 0. The van der Waals surface area contributed by atoms with Gasteiger partial charge in [-0.1, -0.05) is 26.0 Å². The molecule has 21 heavy (non-hydrogen) atoms. The van der Waals surface area contributed by atoms with Gasteiger partial charge < -0.3 is 15.7 Å². The monoisotopic (exact) mass is 296 g/mol. The number of hydrogen-bond donors (Lipinski definition) is 3. The first-order chi connectivity index (χ1) is 9.88. The van der Waals surface area contributed by atoms with E-state index in [-0.39, 0.29) is 30.7 Å². The summed E-state index contributed by atoms with van der Waals surface area (Å²) in [5.41, 5.74) is 0.931. The highest BCUT2D eigenvalue weighted by Gasteiger charge is 2.16. The molecule has 2 amide bonds. The predicted molar refractivity (Wildman–Crippen MR) is 77.5 cm³/mol. The largest absolute Gasteiger partial charge is 0.481 e. The van der Waals surface area contributed by atoms with Gasteiger partial charge in [0.05, 0.1) is 6.42 Å². The molecule has 0 radical (unpaired) electrons. The number of carboxylic acid groups (broad SMARTS) is 1. The highest BCUT2D eigenvalue weighted by Crippen LogP contribution is 2.11. The molecule has 1 rings (SSSR count). The van der Waals surface area contributed by atoms with E-state index >= 15 is 0 Å². The molecule has 0 aliphatic rings. The molecule has 0 saturated carbocycles. The molecule has 1 aromatic carbocycles. The smallest absolute Gasteiger partial charge is 0.315 e. The summed E-state index contributed by atoms with van der Waals surface area (Å²) in [5, 5.41) is 13.8. The Morgan fingerprint density at radius 1 is 1.24 bits per heavy atom. The molecule has 0 saturated heterocycles. The normalized spacial score (nSPS) is 12.0. The molecule has 116 valence electrons. The maximum absolute atomic E-state index is 12.9. The highest BCUT2D eigenvalue weighted by molar-refractivity contribution is 5.75. The summed E-state index contributed by atoms with van der Waals surface area (Å²) in [6.07, 6.45) is 0.474. The van der Waals surface area contributed by atoms with Crippen molar-refractivity contribution in [2.45, 2.75) is 32.7 Å². The SMILES string of the molecule is CC(C)C(Cc1ccc(F)cc1)NC(=O)NCCC(=O)O. The van der Waals surface area contributed by atoms with Gasteiger partial charge in [-0.05, 0) is 30.0 Å². The summed E-state index contributed by atoms with van der Waals surface area (Å²) in [5.74, 6) is -1.05. The van der Waals surface area contributed by atoms with Crippen molar-refractivity contribution in [3.63, 3.8) is 0 Å².